The first-order chi connectivity index (χ1) is 16.1. The summed E-state index contributed by atoms with van der Waals surface area (Å²) in [6, 6.07) is 20.3. The highest BCUT2D eigenvalue weighted by Gasteiger charge is 2.21. The number of anilines is 5. The van der Waals surface area contributed by atoms with E-state index in [1.54, 1.807) is 24.3 Å². The van der Waals surface area contributed by atoms with E-state index in [4.69, 9.17) is 11.6 Å². The zero-order chi connectivity index (χ0) is 22.8. The Labute approximate surface area is 190 Å². The minimum atomic E-state index is -0.567. The molecular formula is C26H21N5O2. The molecule has 0 amide bonds. The maximum Gasteiger partial charge on any atom is 0.253 e. The van der Waals surface area contributed by atoms with Crippen LogP contribution in [0.4, 0.5) is 34.3 Å². The summed E-state index contributed by atoms with van der Waals surface area (Å²) in [5.41, 5.74) is 2.92. The summed E-state index contributed by atoms with van der Waals surface area (Å²) in [6.45, 7) is 9.09. The lowest BCUT2D eigenvalue weighted by Gasteiger charge is -2.17. The largest absolute Gasteiger partial charge is 0.357 e. The topological polar surface area (TPSA) is 78.7 Å². The molecule has 1 saturated heterocycles. The quantitative estimate of drug-likeness (QED) is 0.328. The summed E-state index contributed by atoms with van der Waals surface area (Å²) in [5, 5.41) is 6.08. The van der Waals surface area contributed by atoms with Crippen LogP contribution in [0.3, 0.4) is 0 Å². The van der Waals surface area contributed by atoms with Gasteiger partial charge in [-0.15, -0.1) is 0 Å². The number of nitrogens with one attached hydrogen (secondary N) is 2. The number of hydrogen-bond donors (Lipinski definition) is 2. The van der Waals surface area contributed by atoms with Crippen molar-refractivity contribution < 1.29 is 0 Å². The SMILES string of the molecule is [C-]#[N+]c1ccc(Nc2c(Nc3cccc(-c4cccc(N5CCCC5)n4)c3)c(=O)c2=O)cc1. The molecule has 4 aromatic rings. The van der Waals surface area contributed by atoms with Crippen molar-refractivity contribution in [2.24, 2.45) is 0 Å². The Morgan fingerprint density at radius 2 is 1.48 bits per heavy atom. The van der Waals surface area contributed by atoms with Gasteiger partial charge in [-0.1, -0.05) is 30.3 Å². The minimum Gasteiger partial charge on any atom is -0.357 e. The van der Waals surface area contributed by atoms with Crippen LogP contribution in [0.5, 0.6) is 0 Å². The van der Waals surface area contributed by atoms with Gasteiger partial charge < -0.3 is 15.5 Å². The summed E-state index contributed by atoms with van der Waals surface area (Å²) in [4.78, 5) is 34.9. The van der Waals surface area contributed by atoms with Crippen LogP contribution < -0.4 is 26.4 Å². The lowest BCUT2D eigenvalue weighted by molar-refractivity contribution is 0.939. The van der Waals surface area contributed by atoms with E-state index in [0.29, 0.717) is 17.1 Å². The van der Waals surface area contributed by atoms with Gasteiger partial charge in [0.2, 0.25) is 0 Å². The predicted octanol–water partition coefficient (Wildman–Crippen LogP) is 4.98. The van der Waals surface area contributed by atoms with Crippen molar-refractivity contribution in [3.05, 3.63) is 98.6 Å². The summed E-state index contributed by atoms with van der Waals surface area (Å²) in [7, 11) is 0. The van der Waals surface area contributed by atoms with Crippen LogP contribution in [-0.2, 0) is 0 Å². The summed E-state index contributed by atoms with van der Waals surface area (Å²) >= 11 is 0. The van der Waals surface area contributed by atoms with E-state index in [1.165, 1.54) is 12.8 Å². The first-order valence-corrected chi connectivity index (χ1v) is 10.8. The molecule has 5 rings (SSSR count). The standard InChI is InChI=1S/C26H21N5O2/c1-27-18-10-12-19(13-11-18)28-23-24(26(33)25(23)32)29-20-7-4-6-17(16-20)21-8-5-9-22(30-21)31-14-2-3-15-31/h4-13,16,28-29H,2-3,14-15H2. The van der Waals surface area contributed by atoms with Crippen LogP contribution in [0.15, 0.2) is 76.3 Å². The maximum absolute atomic E-state index is 12.2. The van der Waals surface area contributed by atoms with E-state index < -0.39 is 10.9 Å². The normalized spacial score (nSPS) is 13.1. The fourth-order valence-corrected chi connectivity index (χ4v) is 4.00. The lowest BCUT2D eigenvalue weighted by atomic mass is 10.1. The van der Waals surface area contributed by atoms with E-state index in [-0.39, 0.29) is 11.4 Å². The van der Waals surface area contributed by atoms with E-state index in [9.17, 15) is 9.59 Å². The second-order valence-electron chi connectivity index (χ2n) is 7.97. The van der Waals surface area contributed by atoms with Gasteiger partial charge >= 0.3 is 0 Å². The first kappa shape index (κ1) is 20.5. The molecule has 7 heteroatoms. The second kappa shape index (κ2) is 8.60. The van der Waals surface area contributed by atoms with Gasteiger partial charge in [0.25, 0.3) is 10.9 Å². The number of aromatic nitrogens is 1. The number of nitrogens with zero attached hydrogens (tertiary/aromatic N) is 3. The van der Waals surface area contributed by atoms with Gasteiger partial charge in [0.05, 0.1) is 12.3 Å². The molecule has 0 radical (unpaired) electrons. The van der Waals surface area contributed by atoms with Gasteiger partial charge in [-0.05, 0) is 49.2 Å². The molecule has 1 aliphatic rings. The fraction of sp³-hybridized carbons (Fsp3) is 0.154. The number of benzene rings is 2. The monoisotopic (exact) mass is 435 g/mol. The van der Waals surface area contributed by atoms with Crippen molar-refractivity contribution in [3.63, 3.8) is 0 Å². The van der Waals surface area contributed by atoms with Gasteiger partial charge in [-0.25, -0.2) is 9.83 Å². The van der Waals surface area contributed by atoms with Crippen molar-refractivity contribution in [3.8, 4) is 11.3 Å². The van der Waals surface area contributed by atoms with E-state index >= 15 is 0 Å². The Morgan fingerprint density at radius 1 is 0.818 bits per heavy atom. The summed E-state index contributed by atoms with van der Waals surface area (Å²) < 4.78 is 0. The van der Waals surface area contributed by atoms with Crippen molar-refractivity contribution in [2.75, 3.05) is 28.6 Å². The van der Waals surface area contributed by atoms with Gasteiger partial charge in [-0.3, -0.25) is 9.59 Å². The average molecular weight is 435 g/mol. The molecule has 3 aromatic carbocycles. The van der Waals surface area contributed by atoms with Crippen LogP contribution in [0.2, 0.25) is 0 Å². The van der Waals surface area contributed by atoms with Crippen molar-refractivity contribution in [1.82, 2.24) is 4.98 Å². The number of hydrogen-bond acceptors (Lipinski definition) is 6. The molecule has 162 valence electrons. The Kier molecular flexibility index (Phi) is 5.33. The van der Waals surface area contributed by atoms with Crippen LogP contribution >= 0.6 is 0 Å². The highest BCUT2D eigenvalue weighted by atomic mass is 16.2. The van der Waals surface area contributed by atoms with Gasteiger partial charge in [0.15, 0.2) is 5.69 Å². The Bertz CT molecular complexity index is 1420. The lowest BCUT2D eigenvalue weighted by Crippen LogP contribution is -2.35. The molecule has 0 unspecified atom stereocenters. The average Bonchev–Trinajstić information content (AvgIpc) is 3.42. The highest BCUT2D eigenvalue weighted by molar-refractivity contribution is 5.83. The van der Waals surface area contributed by atoms with Gasteiger partial charge in [0.1, 0.15) is 17.2 Å². The Morgan fingerprint density at radius 3 is 2.18 bits per heavy atom. The molecule has 0 atom stereocenters. The maximum atomic E-state index is 12.2. The van der Waals surface area contributed by atoms with Crippen LogP contribution in [0, 0.1) is 6.57 Å². The molecule has 0 aliphatic carbocycles. The summed E-state index contributed by atoms with van der Waals surface area (Å²) in [6.07, 6.45) is 2.38. The molecule has 33 heavy (non-hydrogen) atoms. The molecule has 0 bridgehead atoms. The Balaban J connectivity index is 1.38. The first-order valence-electron chi connectivity index (χ1n) is 10.8. The molecule has 2 heterocycles. The molecule has 2 N–H and O–H groups in total. The zero-order valence-corrected chi connectivity index (χ0v) is 17.8. The van der Waals surface area contributed by atoms with Gasteiger partial charge in [0, 0.05) is 30.0 Å². The predicted molar refractivity (Wildman–Crippen MR) is 132 cm³/mol. The third kappa shape index (κ3) is 4.06. The van der Waals surface area contributed by atoms with Gasteiger partial charge in [-0.2, -0.15) is 0 Å². The third-order valence-electron chi connectivity index (χ3n) is 5.77. The van der Waals surface area contributed by atoms with Crippen molar-refractivity contribution in [2.45, 2.75) is 12.8 Å². The van der Waals surface area contributed by atoms with E-state index in [2.05, 4.69) is 20.4 Å². The van der Waals surface area contributed by atoms with Crippen LogP contribution in [0.1, 0.15) is 12.8 Å². The summed E-state index contributed by atoms with van der Waals surface area (Å²) in [5.74, 6) is 0.974. The highest BCUT2D eigenvalue weighted by Crippen LogP contribution is 2.29. The second-order valence-corrected chi connectivity index (χ2v) is 7.97. The molecule has 0 spiro atoms. The van der Waals surface area contributed by atoms with Crippen LogP contribution in [-0.4, -0.2) is 18.1 Å². The van der Waals surface area contributed by atoms with E-state index in [0.717, 1.165) is 30.2 Å². The molecule has 7 nitrogen and oxygen atoms in total. The fourth-order valence-electron chi connectivity index (χ4n) is 4.00. The molecule has 1 aromatic heterocycles. The van der Waals surface area contributed by atoms with Crippen molar-refractivity contribution in [1.29, 1.82) is 0 Å². The zero-order valence-electron chi connectivity index (χ0n) is 17.8. The molecule has 0 saturated carbocycles. The molecule has 1 fully saturated rings. The smallest absolute Gasteiger partial charge is 0.253 e. The van der Waals surface area contributed by atoms with Crippen LogP contribution in [0.25, 0.3) is 16.1 Å². The van der Waals surface area contributed by atoms with E-state index in [1.807, 2.05) is 42.5 Å². The number of pyridine rings is 1. The minimum absolute atomic E-state index is 0.218. The number of rotatable bonds is 6. The molecule has 1 aliphatic heterocycles. The third-order valence-corrected chi connectivity index (χ3v) is 5.77. The van der Waals surface area contributed by atoms with Crippen molar-refractivity contribution >= 4 is 34.3 Å². The Hall–Kier alpha value is -4.44. The molecular weight excluding hydrogens is 414 g/mol.